The number of hydrogen-bond acceptors (Lipinski definition) is 8. The quantitative estimate of drug-likeness (QED) is 0.569. The fourth-order valence-corrected chi connectivity index (χ4v) is 5.04. The van der Waals surface area contributed by atoms with Crippen molar-refractivity contribution in [3.8, 4) is 6.07 Å². The molecule has 1 N–H and O–H groups in total. The first kappa shape index (κ1) is 23.3. The first-order valence-electron chi connectivity index (χ1n) is 12.1. The molecule has 3 aromatic rings. The second-order valence-electron chi connectivity index (χ2n) is 9.31. The molecule has 0 radical (unpaired) electrons. The van der Waals surface area contributed by atoms with E-state index in [0.29, 0.717) is 17.9 Å². The maximum absolute atomic E-state index is 13.0. The number of aryl methyl sites for hydroxylation is 1. The Morgan fingerprint density at radius 1 is 1.26 bits per heavy atom. The highest BCUT2D eigenvalue weighted by Crippen LogP contribution is 2.28. The Morgan fingerprint density at radius 2 is 2.06 bits per heavy atom. The number of ether oxygens (including phenoxy) is 1. The number of anilines is 2. The average Bonchev–Trinajstić information content (AvgIpc) is 3.56. The monoisotopic (exact) mass is 477 g/mol. The number of amides is 1. The summed E-state index contributed by atoms with van der Waals surface area (Å²) in [6.07, 6.45) is 5.52. The van der Waals surface area contributed by atoms with Gasteiger partial charge in [0.1, 0.15) is 24.0 Å². The fraction of sp³-hybridized carbons (Fsp3) is 0.542. The Kier molecular flexibility index (Phi) is 6.40. The smallest absolute Gasteiger partial charge is 0.239 e. The Bertz CT molecular complexity index is 1270. The molecule has 5 heterocycles. The van der Waals surface area contributed by atoms with Crippen molar-refractivity contribution in [1.29, 1.82) is 5.26 Å². The number of aromatic nitrogens is 5. The zero-order valence-electron chi connectivity index (χ0n) is 20.5. The van der Waals surface area contributed by atoms with Gasteiger partial charge in [-0.05, 0) is 32.3 Å². The van der Waals surface area contributed by atoms with Gasteiger partial charge in [0.2, 0.25) is 5.91 Å². The highest BCUT2D eigenvalue weighted by molar-refractivity contribution is 5.93. The molecule has 3 aromatic heterocycles. The predicted molar refractivity (Wildman–Crippen MR) is 131 cm³/mol. The average molecular weight is 478 g/mol. The molecule has 2 aliphatic heterocycles. The Morgan fingerprint density at radius 3 is 2.77 bits per heavy atom. The van der Waals surface area contributed by atoms with E-state index in [4.69, 9.17) is 4.74 Å². The number of hydrogen-bond donors (Lipinski definition) is 1. The SMILES string of the molecule is Cc1c(C#N)c(NC(=O)CN2CCN(c3ncnc4c3cnn4C)CC2)n(CC2CCCO2)c1C. The minimum Gasteiger partial charge on any atom is -0.376 e. The molecule has 0 aliphatic carbocycles. The normalized spacial score (nSPS) is 18.8. The lowest BCUT2D eigenvalue weighted by Gasteiger charge is -2.35. The van der Waals surface area contributed by atoms with E-state index in [9.17, 15) is 10.1 Å². The van der Waals surface area contributed by atoms with Gasteiger partial charge < -0.3 is 19.5 Å². The van der Waals surface area contributed by atoms with Crippen molar-refractivity contribution >= 4 is 28.6 Å². The molecule has 1 amide bonds. The minimum absolute atomic E-state index is 0.113. The van der Waals surface area contributed by atoms with Crippen LogP contribution in [0, 0.1) is 25.2 Å². The molecule has 0 aromatic carbocycles. The fourth-order valence-electron chi connectivity index (χ4n) is 5.04. The van der Waals surface area contributed by atoms with Crippen molar-refractivity contribution in [2.24, 2.45) is 7.05 Å². The molecular formula is C24H31N9O2. The van der Waals surface area contributed by atoms with Crippen LogP contribution in [-0.2, 0) is 23.1 Å². The molecule has 2 saturated heterocycles. The maximum atomic E-state index is 13.0. The van der Waals surface area contributed by atoms with Gasteiger partial charge in [0.25, 0.3) is 0 Å². The molecule has 1 unspecified atom stereocenters. The van der Waals surface area contributed by atoms with Crippen molar-refractivity contribution in [2.45, 2.75) is 39.3 Å². The van der Waals surface area contributed by atoms with Crippen LogP contribution in [0.3, 0.4) is 0 Å². The number of piperazine rings is 1. The van der Waals surface area contributed by atoms with E-state index in [1.807, 2.05) is 25.5 Å². The standard InChI is InChI=1S/C24H31N9O2/c1-16-17(2)33(13-18-5-4-10-35-18)24(19(16)11-25)29-21(34)14-31-6-8-32(9-7-31)23-20-12-28-30(3)22(20)26-15-27-23/h12,15,18H,4-10,13-14H2,1-3H3,(H,29,34). The van der Waals surface area contributed by atoms with Crippen LogP contribution >= 0.6 is 0 Å². The molecule has 35 heavy (non-hydrogen) atoms. The van der Waals surface area contributed by atoms with Crippen LogP contribution in [0.25, 0.3) is 11.0 Å². The molecule has 184 valence electrons. The van der Waals surface area contributed by atoms with E-state index in [1.54, 1.807) is 17.2 Å². The molecule has 0 bridgehead atoms. The summed E-state index contributed by atoms with van der Waals surface area (Å²) in [6, 6.07) is 2.28. The molecule has 11 heteroatoms. The Labute approximate surface area is 204 Å². The predicted octanol–water partition coefficient (Wildman–Crippen LogP) is 1.59. The zero-order chi connectivity index (χ0) is 24.5. The molecule has 1 atom stereocenters. The summed E-state index contributed by atoms with van der Waals surface area (Å²) in [5.41, 5.74) is 3.23. The van der Waals surface area contributed by atoms with E-state index >= 15 is 0 Å². The first-order valence-corrected chi connectivity index (χ1v) is 12.1. The van der Waals surface area contributed by atoms with E-state index in [2.05, 4.69) is 36.3 Å². The summed E-state index contributed by atoms with van der Waals surface area (Å²) in [7, 11) is 1.87. The Hall–Kier alpha value is -3.49. The molecule has 0 spiro atoms. The van der Waals surface area contributed by atoms with Crippen molar-refractivity contribution in [3.63, 3.8) is 0 Å². The highest BCUT2D eigenvalue weighted by Gasteiger charge is 2.26. The van der Waals surface area contributed by atoms with Crippen LogP contribution < -0.4 is 10.2 Å². The van der Waals surface area contributed by atoms with Crippen LogP contribution in [0.1, 0.15) is 29.7 Å². The molecule has 0 saturated carbocycles. The van der Waals surface area contributed by atoms with E-state index < -0.39 is 0 Å². The lowest BCUT2D eigenvalue weighted by atomic mass is 10.2. The van der Waals surface area contributed by atoms with Crippen LogP contribution in [-0.4, -0.2) is 80.6 Å². The van der Waals surface area contributed by atoms with Gasteiger partial charge in [-0.3, -0.25) is 14.4 Å². The zero-order valence-corrected chi connectivity index (χ0v) is 20.5. The highest BCUT2D eigenvalue weighted by atomic mass is 16.5. The van der Waals surface area contributed by atoms with Crippen molar-refractivity contribution in [1.82, 2.24) is 29.2 Å². The summed E-state index contributed by atoms with van der Waals surface area (Å²) in [5.74, 6) is 1.35. The number of carbonyl (C=O) groups excluding carboxylic acids is 1. The molecule has 2 fully saturated rings. The number of fused-ring (bicyclic) bond motifs is 1. The molecule has 11 nitrogen and oxygen atoms in total. The van der Waals surface area contributed by atoms with Gasteiger partial charge in [-0.25, -0.2) is 9.97 Å². The number of nitrogens with zero attached hydrogens (tertiary/aromatic N) is 8. The maximum Gasteiger partial charge on any atom is 0.239 e. The van der Waals surface area contributed by atoms with E-state index in [0.717, 1.165) is 73.7 Å². The van der Waals surface area contributed by atoms with Crippen LogP contribution in [0.4, 0.5) is 11.6 Å². The van der Waals surface area contributed by atoms with E-state index in [1.165, 1.54) is 0 Å². The summed E-state index contributed by atoms with van der Waals surface area (Å²) >= 11 is 0. The van der Waals surface area contributed by atoms with Crippen molar-refractivity contribution in [3.05, 3.63) is 29.3 Å². The summed E-state index contributed by atoms with van der Waals surface area (Å²) in [4.78, 5) is 26.2. The molecular weight excluding hydrogens is 446 g/mol. The van der Waals surface area contributed by atoms with Crippen molar-refractivity contribution in [2.75, 3.05) is 49.5 Å². The number of nitriles is 1. The number of nitrogens with one attached hydrogen (secondary N) is 1. The second-order valence-corrected chi connectivity index (χ2v) is 9.31. The van der Waals surface area contributed by atoms with Gasteiger partial charge in [-0.15, -0.1) is 0 Å². The summed E-state index contributed by atoms with van der Waals surface area (Å²) in [6.45, 7) is 8.59. The molecule has 5 rings (SSSR count). The topological polar surface area (TPSA) is 117 Å². The van der Waals surface area contributed by atoms with Crippen molar-refractivity contribution < 1.29 is 9.53 Å². The summed E-state index contributed by atoms with van der Waals surface area (Å²) in [5, 5.41) is 18.0. The first-order chi connectivity index (χ1) is 17.0. The van der Waals surface area contributed by atoms with E-state index in [-0.39, 0.29) is 18.6 Å². The molecule has 2 aliphatic rings. The second kappa shape index (κ2) is 9.64. The van der Waals surface area contributed by atoms with Gasteiger partial charge in [0, 0.05) is 45.5 Å². The lowest BCUT2D eigenvalue weighted by Crippen LogP contribution is -2.49. The third kappa shape index (κ3) is 4.47. The summed E-state index contributed by atoms with van der Waals surface area (Å²) < 4.78 is 9.59. The van der Waals surface area contributed by atoms with Gasteiger partial charge in [-0.1, -0.05) is 0 Å². The van der Waals surface area contributed by atoms with Crippen LogP contribution in [0.15, 0.2) is 12.5 Å². The Balaban J connectivity index is 1.24. The van der Waals surface area contributed by atoms with Gasteiger partial charge in [0.05, 0.1) is 36.3 Å². The van der Waals surface area contributed by atoms with Gasteiger partial charge in [0.15, 0.2) is 5.65 Å². The number of rotatable bonds is 6. The third-order valence-electron chi connectivity index (χ3n) is 7.16. The number of carbonyl (C=O) groups is 1. The van der Waals surface area contributed by atoms with Gasteiger partial charge in [-0.2, -0.15) is 10.4 Å². The third-order valence-corrected chi connectivity index (χ3v) is 7.16. The largest absolute Gasteiger partial charge is 0.376 e. The van der Waals surface area contributed by atoms with Crippen LogP contribution in [0.2, 0.25) is 0 Å². The lowest BCUT2D eigenvalue weighted by molar-refractivity contribution is -0.117. The minimum atomic E-state index is -0.113. The van der Waals surface area contributed by atoms with Crippen LogP contribution in [0.5, 0.6) is 0 Å². The van der Waals surface area contributed by atoms with Gasteiger partial charge >= 0.3 is 0 Å².